The maximum absolute atomic E-state index is 2.38. The Balaban J connectivity index is 0.946. The first-order valence-electron chi connectivity index (χ1n) is 23.7. The minimum Gasteiger partial charge on any atom is -0.0654 e. The summed E-state index contributed by atoms with van der Waals surface area (Å²) in [7, 11) is 0. The predicted octanol–water partition coefficient (Wildman–Crippen LogP) is 18.6. The lowest BCUT2D eigenvalue weighted by atomic mass is 9.92. The number of hydrogen-bond donors (Lipinski definition) is 0. The molecule has 0 bridgehead atoms. The lowest BCUT2D eigenvalue weighted by Crippen LogP contribution is -1.88. The lowest BCUT2D eigenvalue weighted by molar-refractivity contribution is 0.556. The Labute approximate surface area is 351 Å². The van der Waals surface area contributed by atoms with Gasteiger partial charge in [-0.1, -0.05) is 239 Å². The second kappa shape index (κ2) is 22.1. The molecule has 0 nitrogen and oxygen atoms in total. The molecule has 58 heavy (non-hydrogen) atoms. The van der Waals surface area contributed by atoms with Gasteiger partial charge >= 0.3 is 0 Å². The van der Waals surface area contributed by atoms with Gasteiger partial charge in [0.05, 0.1) is 0 Å². The summed E-state index contributed by atoms with van der Waals surface area (Å²) in [6, 6.07) is 46.8. The summed E-state index contributed by atoms with van der Waals surface area (Å²) < 4.78 is 0. The van der Waals surface area contributed by atoms with Gasteiger partial charge < -0.3 is 0 Å². The third kappa shape index (κ3) is 11.2. The first kappa shape index (κ1) is 41.7. The van der Waals surface area contributed by atoms with E-state index >= 15 is 0 Å². The van der Waals surface area contributed by atoms with Crippen molar-refractivity contribution in [2.75, 3.05) is 0 Å². The van der Waals surface area contributed by atoms with Gasteiger partial charge in [-0.3, -0.25) is 0 Å². The maximum atomic E-state index is 2.38. The summed E-state index contributed by atoms with van der Waals surface area (Å²) in [5.74, 6) is 0. The van der Waals surface area contributed by atoms with Crippen LogP contribution in [0.4, 0.5) is 0 Å². The summed E-state index contributed by atoms with van der Waals surface area (Å²) >= 11 is 0. The third-order valence-corrected chi connectivity index (χ3v) is 13.0. The highest BCUT2D eigenvalue weighted by atomic mass is 14.1. The van der Waals surface area contributed by atoms with Gasteiger partial charge in [0.2, 0.25) is 0 Å². The maximum Gasteiger partial charge on any atom is -0.00987 e. The third-order valence-electron chi connectivity index (χ3n) is 13.0. The number of aryl methyl sites for hydroxylation is 2. The molecule has 7 rings (SSSR count). The average Bonchev–Trinajstić information content (AvgIpc) is 3.27. The van der Waals surface area contributed by atoms with Crippen LogP contribution in [0.2, 0.25) is 0 Å². The molecule has 0 heterocycles. The van der Waals surface area contributed by atoms with Gasteiger partial charge in [-0.2, -0.15) is 0 Å². The first-order valence-corrected chi connectivity index (χ1v) is 23.7. The number of benzene rings is 7. The van der Waals surface area contributed by atoms with Crippen molar-refractivity contribution in [2.45, 2.75) is 155 Å². The monoisotopic (exact) mass is 767 g/mol. The molecule has 7 aromatic carbocycles. The van der Waals surface area contributed by atoms with Gasteiger partial charge in [0.15, 0.2) is 0 Å². The van der Waals surface area contributed by atoms with E-state index in [9.17, 15) is 0 Å². The SMILES string of the molecule is CCCCCCCCCCCCc1ccc(-c2ccc3c(ccc4c3ccc3c5ccc(-c6ccc(CCCCCCCCCCCC)cc6)cc5ccc34)c2)cc1. The molecule has 0 radical (unpaired) electrons. The Morgan fingerprint density at radius 1 is 0.241 bits per heavy atom. The molecule has 0 heteroatoms. The highest BCUT2D eigenvalue weighted by molar-refractivity contribution is 6.22. The molecule has 0 N–H and O–H groups in total. The smallest absolute Gasteiger partial charge is 0.00987 e. The van der Waals surface area contributed by atoms with E-state index in [1.165, 1.54) is 218 Å². The van der Waals surface area contributed by atoms with Gasteiger partial charge in [0.1, 0.15) is 0 Å². The largest absolute Gasteiger partial charge is 0.0654 e. The van der Waals surface area contributed by atoms with Crippen LogP contribution in [-0.2, 0) is 12.8 Å². The number of fused-ring (bicyclic) bond motifs is 7. The molecule has 7 aromatic rings. The van der Waals surface area contributed by atoms with Crippen LogP contribution >= 0.6 is 0 Å². The minimum absolute atomic E-state index is 1.19. The van der Waals surface area contributed by atoms with Crippen molar-refractivity contribution in [1.82, 2.24) is 0 Å². The van der Waals surface area contributed by atoms with E-state index in [1.807, 2.05) is 0 Å². The summed E-state index contributed by atoms with van der Waals surface area (Å²) in [6.07, 6.45) is 30.2. The van der Waals surface area contributed by atoms with E-state index in [4.69, 9.17) is 0 Å². The van der Waals surface area contributed by atoms with E-state index in [1.54, 1.807) is 0 Å². The van der Waals surface area contributed by atoms with Crippen LogP contribution in [0.5, 0.6) is 0 Å². The molecule has 0 spiro atoms. The topological polar surface area (TPSA) is 0 Å². The zero-order chi connectivity index (χ0) is 39.8. The second-order valence-corrected chi connectivity index (χ2v) is 17.5. The van der Waals surface area contributed by atoms with Crippen molar-refractivity contribution >= 4 is 43.1 Å². The van der Waals surface area contributed by atoms with Crippen molar-refractivity contribution in [1.29, 1.82) is 0 Å². The molecule has 0 aromatic heterocycles. The number of unbranched alkanes of at least 4 members (excludes halogenated alkanes) is 18. The molecule has 302 valence electrons. The fourth-order valence-corrected chi connectivity index (χ4v) is 9.42. The molecule has 0 aliphatic carbocycles. The zero-order valence-electron chi connectivity index (χ0n) is 36.1. The molecule has 0 unspecified atom stereocenters. The van der Waals surface area contributed by atoms with Gasteiger partial charge in [0.25, 0.3) is 0 Å². The predicted molar refractivity (Wildman–Crippen MR) is 258 cm³/mol. The number of hydrogen-bond acceptors (Lipinski definition) is 0. The van der Waals surface area contributed by atoms with Gasteiger partial charge in [-0.25, -0.2) is 0 Å². The van der Waals surface area contributed by atoms with Gasteiger partial charge in [-0.05, 0) is 114 Å². The molecular formula is C58H70. The van der Waals surface area contributed by atoms with E-state index in [0.29, 0.717) is 0 Å². The normalized spacial score (nSPS) is 11.8. The molecule has 0 aliphatic heterocycles. The van der Waals surface area contributed by atoms with Crippen LogP contribution in [0.25, 0.3) is 65.3 Å². The molecule has 0 fully saturated rings. The van der Waals surface area contributed by atoms with Crippen molar-refractivity contribution in [3.05, 3.63) is 132 Å². The van der Waals surface area contributed by atoms with Crippen molar-refractivity contribution in [3.63, 3.8) is 0 Å². The van der Waals surface area contributed by atoms with Crippen LogP contribution in [0, 0.1) is 0 Å². The van der Waals surface area contributed by atoms with E-state index in [2.05, 4.69) is 135 Å². The summed E-state index contributed by atoms with van der Waals surface area (Å²) in [4.78, 5) is 0. The second-order valence-electron chi connectivity index (χ2n) is 17.5. The van der Waals surface area contributed by atoms with Gasteiger partial charge in [-0.15, -0.1) is 0 Å². The summed E-state index contributed by atoms with van der Waals surface area (Å²) in [6.45, 7) is 4.59. The minimum atomic E-state index is 1.19. The first-order chi connectivity index (χ1) is 28.7. The van der Waals surface area contributed by atoms with Crippen molar-refractivity contribution in [2.24, 2.45) is 0 Å². The van der Waals surface area contributed by atoms with Crippen LogP contribution in [-0.4, -0.2) is 0 Å². The van der Waals surface area contributed by atoms with Crippen LogP contribution in [0.3, 0.4) is 0 Å². The molecule has 0 amide bonds. The molecule has 0 saturated heterocycles. The Kier molecular flexibility index (Phi) is 15.9. The highest BCUT2D eigenvalue weighted by Gasteiger charge is 2.10. The highest BCUT2D eigenvalue weighted by Crippen LogP contribution is 2.37. The van der Waals surface area contributed by atoms with E-state index < -0.39 is 0 Å². The lowest BCUT2D eigenvalue weighted by Gasteiger charge is -2.12. The Morgan fingerprint density at radius 2 is 0.517 bits per heavy atom. The molecular weight excluding hydrogens is 697 g/mol. The fourth-order valence-electron chi connectivity index (χ4n) is 9.42. The fraction of sp³-hybridized carbons (Fsp3) is 0.414. The van der Waals surface area contributed by atoms with Crippen LogP contribution < -0.4 is 0 Å². The number of rotatable bonds is 24. The standard InChI is InChI=1S/C58H70/c1-3-5-7-9-11-13-15-17-19-21-23-45-25-29-47(30-26-45)49-33-37-53-51(43-49)35-39-57-55(53)41-42-56-54-38-34-50(44-52(54)36-40-58(56)57)48-31-27-46(28-32-48)24-22-20-18-16-14-12-10-8-6-4-2/h25-44H,3-24H2,1-2H3. The summed E-state index contributed by atoms with van der Waals surface area (Å²) in [5.41, 5.74) is 8.13. The zero-order valence-corrected chi connectivity index (χ0v) is 36.1. The Morgan fingerprint density at radius 3 is 0.879 bits per heavy atom. The van der Waals surface area contributed by atoms with Crippen molar-refractivity contribution < 1.29 is 0 Å². The van der Waals surface area contributed by atoms with Gasteiger partial charge in [0, 0.05) is 0 Å². The summed E-state index contributed by atoms with van der Waals surface area (Å²) in [5, 5.41) is 10.6. The molecule has 0 aliphatic rings. The Bertz CT molecular complexity index is 2140. The molecule has 0 saturated carbocycles. The van der Waals surface area contributed by atoms with Crippen LogP contribution in [0.15, 0.2) is 121 Å². The molecule has 0 atom stereocenters. The quantitative estimate of drug-likeness (QED) is 0.0424. The van der Waals surface area contributed by atoms with E-state index in [-0.39, 0.29) is 0 Å². The average molecular weight is 767 g/mol. The van der Waals surface area contributed by atoms with Crippen LogP contribution in [0.1, 0.15) is 153 Å². The van der Waals surface area contributed by atoms with E-state index in [0.717, 1.165) is 0 Å². The van der Waals surface area contributed by atoms with Crippen molar-refractivity contribution in [3.8, 4) is 22.3 Å². The Hall–Kier alpha value is -4.42.